The minimum absolute atomic E-state index is 0.169. The first kappa shape index (κ1) is 24.5. The molecule has 2 heterocycles. The zero-order valence-corrected chi connectivity index (χ0v) is 20.0. The highest BCUT2D eigenvalue weighted by Gasteiger charge is 2.21. The number of esters is 1. The number of primary amides is 1. The molecule has 0 bridgehead atoms. The normalized spacial score (nSPS) is 11.7. The van der Waals surface area contributed by atoms with Crippen molar-refractivity contribution in [2.45, 2.75) is 39.3 Å². The van der Waals surface area contributed by atoms with Crippen molar-refractivity contribution in [1.82, 2.24) is 9.88 Å². The number of ether oxygens (including phenoxy) is 1. The zero-order valence-electron chi connectivity index (χ0n) is 18.5. The quantitative estimate of drug-likeness (QED) is 0.322. The average molecular weight is 488 g/mol. The van der Waals surface area contributed by atoms with E-state index in [-0.39, 0.29) is 18.8 Å². The lowest BCUT2D eigenvalue weighted by Gasteiger charge is -2.17. The highest BCUT2D eigenvalue weighted by molar-refractivity contribution is 7.09. The first-order valence-electron chi connectivity index (χ1n) is 10.4. The van der Waals surface area contributed by atoms with Crippen LogP contribution in [-0.2, 0) is 22.5 Å². The predicted molar refractivity (Wildman–Crippen MR) is 129 cm³/mol. The van der Waals surface area contributed by atoms with Crippen LogP contribution in [0.3, 0.4) is 0 Å². The number of benzene rings is 1. The van der Waals surface area contributed by atoms with E-state index >= 15 is 0 Å². The summed E-state index contributed by atoms with van der Waals surface area (Å²) >= 11 is 7.61. The molecule has 0 radical (unpaired) electrons. The van der Waals surface area contributed by atoms with Gasteiger partial charge in [0.15, 0.2) is 6.61 Å². The minimum Gasteiger partial charge on any atom is -0.457 e. The van der Waals surface area contributed by atoms with Crippen molar-refractivity contribution in [3.05, 3.63) is 80.3 Å². The third-order valence-corrected chi connectivity index (χ3v) is 6.55. The smallest absolute Gasteiger partial charge is 0.312 e. The Kier molecular flexibility index (Phi) is 8.30. The Morgan fingerprint density at radius 1 is 1.18 bits per heavy atom. The topological polar surface area (TPSA) is 103 Å². The Morgan fingerprint density at radius 2 is 1.91 bits per heavy atom. The molecule has 7 nitrogen and oxygen atoms in total. The summed E-state index contributed by atoms with van der Waals surface area (Å²) in [4.78, 5) is 37.8. The van der Waals surface area contributed by atoms with Gasteiger partial charge in [0.25, 0.3) is 0 Å². The van der Waals surface area contributed by atoms with Gasteiger partial charge >= 0.3 is 12.0 Å². The zero-order chi connectivity index (χ0) is 24.0. The van der Waals surface area contributed by atoms with Crippen LogP contribution in [0.1, 0.15) is 44.6 Å². The SMILES string of the molecule is Cc1cc(C(=O)COC(=O)C[C@@H](NC(N)=O)c2ccc(Cl)cc2)c(C)n1CCc1cccs1. The molecule has 1 aromatic carbocycles. The van der Waals surface area contributed by atoms with Crippen molar-refractivity contribution in [2.24, 2.45) is 5.73 Å². The first-order valence-corrected chi connectivity index (χ1v) is 11.7. The summed E-state index contributed by atoms with van der Waals surface area (Å²) in [6, 6.07) is 11.2. The Morgan fingerprint density at radius 3 is 2.55 bits per heavy atom. The lowest BCUT2D eigenvalue weighted by Crippen LogP contribution is -2.34. The number of thiophene rings is 1. The maximum atomic E-state index is 12.7. The van der Waals surface area contributed by atoms with E-state index in [1.807, 2.05) is 31.4 Å². The number of Topliss-reactive ketones (excluding diaryl/α,β-unsaturated/α-hetero) is 1. The molecular formula is C24H26ClN3O4S. The lowest BCUT2D eigenvalue weighted by molar-refractivity contribution is -0.143. The summed E-state index contributed by atoms with van der Waals surface area (Å²) in [6.45, 7) is 4.24. The second kappa shape index (κ2) is 11.2. The van der Waals surface area contributed by atoms with Gasteiger partial charge in [0.05, 0.1) is 12.5 Å². The van der Waals surface area contributed by atoms with E-state index in [4.69, 9.17) is 22.1 Å². The van der Waals surface area contributed by atoms with E-state index in [0.29, 0.717) is 16.1 Å². The summed E-state index contributed by atoms with van der Waals surface area (Å²) in [7, 11) is 0. The Labute approximate surface area is 201 Å². The number of nitrogens with two attached hydrogens (primary N) is 1. The Hall–Kier alpha value is -3.10. The van der Waals surface area contributed by atoms with Gasteiger partial charge in [-0.1, -0.05) is 29.8 Å². The molecule has 0 spiro atoms. The van der Waals surface area contributed by atoms with Gasteiger partial charge in [-0.3, -0.25) is 9.59 Å². The molecule has 2 amide bonds. The van der Waals surface area contributed by atoms with Crippen molar-refractivity contribution < 1.29 is 19.1 Å². The maximum Gasteiger partial charge on any atom is 0.312 e. The molecule has 33 heavy (non-hydrogen) atoms. The van der Waals surface area contributed by atoms with Crippen LogP contribution in [0, 0.1) is 13.8 Å². The third kappa shape index (κ3) is 6.69. The Bertz CT molecular complexity index is 1120. The van der Waals surface area contributed by atoms with E-state index in [9.17, 15) is 14.4 Å². The maximum absolute atomic E-state index is 12.7. The van der Waals surface area contributed by atoms with E-state index in [1.54, 1.807) is 35.6 Å². The molecule has 0 aliphatic heterocycles. The molecule has 0 aliphatic carbocycles. The number of halogens is 1. The first-order chi connectivity index (χ1) is 15.7. The lowest BCUT2D eigenvalue weighted by atomic mass is 10.0. The fraction of sp³-hybridized carbons (Fsp3) is 0.292. The third-order valence-electron chi connectivity index (χ3n) is 5.36. The van der Waals surface area contributed by atoms with E-state index in [0.717, 1.165) is 24.4 Å². The highest BCUT2D eigenvalue weighted by Crippen LogP contribution is 2.21. The molecule has 3 N–H and O–H groups in total. The Balaban J connectivity index is 1.60. The number of nitrogens with zero attached hydrogens (tertiary/aromatic N) is 1. The van der Waals surface area contributed by atoms with Crippen LogP contribution in [-0.4, -0.2) is 29.0 Å². The minimum atomic E-state index is -0.770. The molecule has 1 atom stereocenters. The molecule has 0 fully saturated rings. The van der Waals surface area contributed by atoms with Crippen LogP contribution in [0.2, 0.25) is 5.02 Å². The number of rotatable bonds is 10. The number of aromatic nitrogens is 1. The van der Waals surface area contributed by atoms with Crippen LogP contribution in [0.5, 0.6) is 0 Å². The van der Waals surface area contributed by atoms with E-state index in [2.05, 4.69) is 16.0 Å². The second-order valence-corrected chi connectivity index (χ2v) is 9.14. The molecular weight excluding hydrogens is 462 g/mol. The van der Waals surface area contributed by atoms with Gasteiger partial charge < -0.3 is 20.4 Å². The molecule has 174 valence electrons. The number of carbonyl (C=O) groups excluding carboxylic acids is 3. The monoisotopic (exact) mass is 487 g/mol. The van der Waals surface area contributed by atoms with Crippen molar-refractivity contribution in [3.8, 4) is 0 Å². The number of nitrogens with one attached hydrogen (secondary N) is 1. The van der Waals surface area contributed by atoms with E-state index in [1.165, 1.54) is 4.88 Å². The van der Waals surface area contributed by atoms with Crippen LogP contribution >= 0.6 is 22.9 Å². The van der Waals surface area contributed by atoms with Crippen LogP contribution in [0.4, 0.5) is 4.79 Å². The van der Waals surface area contributed by atoms with Crippen molar-refractivity contribution in [2.75, 3.05) is 6.61 Å². The number of carbonyl (C=O) groups is 3. The van der Waals surface area contributed by atoms with Gasteiger partial charge in [-0.05, 0) is 55.5 Å². The summed E-state index contributed by atoms with van der Waals surface area (Å²) in [5.74, 6) is -0.895. The van der Waals surface area contributed by atoms with Gasteiger partial charge in [0.2, 0.25) is 5.78 Å². The molecule has 3 aromatic rings. The summed E-state index contributed by atoms with van der Waals surface area (Å²) in [5, 5.41) is 5.09. The number of hydrogen-bond donors (Lipinski definition) is 2. The van der Waals surface area contributed by atoms with Gasteiger partial charge in [0.1, 0.15) is 0 Å². The second-order valence-electron chi connectivity index (χ2n) is 7.67. The number of ketones is 1. The molecule has 0 saturated carbocycles. The molecule has 0 unspecified atom stereocenters. The standard InChI is InChI=1S/C24H26ClN3O4S/c1-15-12-20(16(2)28(15)10-9-19-4-3-11-33-19)22(29)14-32-23(30)13-21(27-24(26)31)17-5-7-18(25)8-6-17/h3-8,11-12,21H,9-10,13-14H2,1-2H3,(H3,26,27,31)/t21-/m1/s1. The fourth-order valence-electron chi connectivity index (χ4n) is 3.67. The molecule has 3 rings (SSSR count). The number of urea groups is 1. The summed E-state index contributed by atoms with van der Waals surface area (Å²) in [5.41, 5.74) is 8.25. The van der Waals surface area contributed by atoms with Gasteiger partial charge in [-0.15, -0.1) is 11.3 Å². The predicted octanol–water partition coefficient (Wildman–Crippen LogP) is 4.59. The fourth-order valence-corrected chi connectivity index (χ4v) is 4.50. The molecule has 9 heteroatoms. The average Bonchev–Trinajstić information content (AvgIpc) is 3.38. The van der Waals surface area contributed by atoms with E-state index < -0.39 is 18.0 Å². The van der Waals surface area contributed by atoms with Crippen LogP contribution in [0.25, 0.3) is 0 Å². The number of amides is 2. The van der Waals surface area contributed by atoms with Gasteiger partial charge in [-0.25, -0.2) is 4.79 Å². The van der Waals surface area contributed by atoms with Crippen molar-refractivity contribution >= 4 is 40.7 Å². The van der Waals surface area contributed by atoms with Crippen molar-refractivity contribution in [1.29, 1.82) is 0 Å². The highest BCUT2D eigenvalue weighted by atomic mass is 35.5. The number of hydrogen-bond acceptors (Lipinski definition) is 5. The van der Waals surface area contributed by atoms with Crippen molar-refractivity contribution in [3.63, 3.8) is 0 Å². The summed E-state index contributed by atoms with van der Waals surface area (Å²) in [6.07, 6.45) is 0.716. The summed E-state index contributed by atoms with van der Waals surface area (Å²) < 4.78 is 7.32. The largest absolute Gasteiger partial charge is 0.457 e. The van der Waals surface area contributed by atoms with Crippen LogP contribution in [0.15, 0.2) is 47.8 Å². The molecule has 0 saturated heterocycles. The van der Waals surface area contributed by atoms with Gasteiger partial charge in [-0.2, -0.15) is 0 Å². The van der Waals surface area contributed by atoms with Gasteiger partial charge in [0, 0.05) is 33.4 Å². The number of aryl methyl sites for hydroxylation is 2. The molecule has 2 aromatic heterocycles. The molecule has 0 aliphatic rings. The van der Waals surface area contributed by atoms with Crippen LogP contribution < -0.4 is 11.1 Å².